The van der Waals surface area contributed by atoms with Gasteiger partial charge < -0.3 is 0 Å². The molecule has 664 valence electrons. The summed E-state index contributed by atoms with van der Waals surface area (Å²) in [5.74, 6) is 6.14. The number of hydroxylamine groups is 3. The van der Waals surface area contributed by atoms with Crippen molar-refractivity contribution in [2.75, 3.05) is 98.5 Å². The minimum absolute atomic E-state index is 0.0798. The first-order valence-corrected chi connectivity index (χ1v) is 56.0. The number of nitro benzene ring substituents is 2. The monoisotopic (exact) mass is 2120 g/mol. The molecule has 0 amide bonds. The van der Waals surface area contributed by atoms with Gasteiger partial charge in [0.2, 0.25) is 0 Å². The number of nitrogens with one attached hydrogen (secondary N) is 3. The Labute approximate surface area is 728 Å². The van der Waals surface area contributed by atoms with Crippen LogP contribution in [0.3, 0.4) is 0 Å². The molecular weight excluding hydrogens is 1990 g/mol. The van der Waals surface area contributed by atoms with Gasteiger partial charge in [-0.1, -0.05) is 0 Å². The van der Waals surface area contributed by atoms with E-state index >= 15 is 0 Å². The van der Waals surface area contributed by atoms with Crippen molar-refractivity contribution < 1.29 is 105 Å². The second-order valence-electron chi connectivity index (χ2n) is 28.6. The SMILES string of the molecule is CCCC(C)(C[Se]N(C)c1ccc([N+](=O)[O-])c([Se][Se]c2cc(N(CC)[Se]CC(C)(CCN(CC)CC)ONC3C(O)C(O)C(CO)O[C@@H]3O)ccc2[N+](=O)[O-])c1)ONC1C(O)C(O)C(CO)O[C@@H]1O.CCN(CC)CCC(C)(C[SeH])ONC1C(O)C(O)C(CO)O[C@@H]1O.CCN(CC)c1ccc(ON)c([Se][Se]c2cc(C)ccc2N=O)c1. The number of anilines is 3. The molecule has 0 aliphatic carbocycles. The second kappa shape index (κ2) is 52.2. The van der Waals surface area contributed by atoms with Crippen LogP contribution < -0.4 is 57.8 Å². The average Bonchev–Trinajstić information content (AvgIpc) is 0.826. The van der Waals surface area contributed by atoms with Crippen molar-refractivity contribution in [2.45, 2.75) is 233 Å². The molecule has 117 heavy (non-hydrogen) atoms. The van der Waals surface area contributed by atoms with E-state index in [-0.39, 0.29) is 68.0 Å². The summed E-state index contributed by atoms with van der Waals surface area (Å²) in [7, 11) is 1.86. The molecule has 0 radical (unpaired) electrons. The van der Waals surface area contributed by atoms with E-state index in [0.29, 0.717) is 67.9 Å². The number of nitrogens with zero attached hydrogens (tertiary/aromatic N) is 8. The van der Waals surface area contributed by atoms with Crippen LogP contribution in [0.5, 0.6) is 5.75 Å². The number of hydrogen-bond donors (Lipinski definition) is 16. The summed E-state index contributed by atoms with van der Waals surface area (Å²) in [5.41, 5.74) is 10.0. The van der Waals surface area contributed by atoms with Gasteiger partial charge in [0.25, 0.3) is 0 Å². The van der Waals surface area contributed by atoms with Gasteiger partial charge in [0, 0.05) is 0 Å². The summed E-state index contributed by atoms with van der Waals surface area (Å²) in [6.45, 7) is 30.1. The van der Waals surface area contributed by atoms with Crippen molar-refractivity contribution in [1.82, 2.24) is 26.2 Å². The fraction of sp³-hybridized carbons (Fsp3) is 0.676. The summed E-state index contributed by atoms with van der Waals surface area (Å²) in [5, 5.41) is 151. The van der Waals surface area contributed by atoms with Gasteiger partial charge in [0.1, 0.15) is 0 Å². The fourth-order valence-corrected chi connectivity index (χ4v) is 30.7. The molecule has 3 fully saturated rings. The van der Waals surface area contributed by atoms with E-state index in [2.05, 4.69) is 110 Å². The van der Waals surface area contributed by atoms with E-state index in [9.17, 15) is 81.3 Å². The Morgan fingerprint density at radius 1 is 0.521 bits per heavy atom. The summed E-state index contributed by atoms with van der Waals surface area (Å²) in [6, 6.07) is 18.3. The van der Waals surface area contributed by atoms with Gasteiger partial charge in [-0.2, -0.15) is 0 Å². The Hall–Kier alpha value is -2.84. The van der Waals surface area contributed by atoms with E-state index in [1.54, 1.807) is 30.3 Å². The maximum absolute atomic E-state index is 12.4. The Morgan fingerprint density at radius 2 is 0.923 bits per heavy atom. The van der Waals surface area contributed by atoms with Gasteiger partial charge in [-0.15, -0.1) is 0 Å². The van der Waals surface area contributed by atoms with Crippen LogP contribution in [-0.2, 0) is 28.7 Å². The van der Waals surface area contributed by atoms with Gasteiger partial charge in [-0.25, -0.2) is 0 Å². The second-order valence-corrected chi connectivity index (χ2v) is 46.0. The van der Waals surface area contributed by atoms with Crippen LogP contribution in [0.2, 0.25) is 16.0 Å². The third kappa shape index (κ3) is 31.1. The Kier molecular flexibility index (Phi) is 46.7. The minimum atomic E-state index is -1.58. The van der Waals surface area contributed by atoms with Crippen LogP contribution in [0.4, 0.5) is 34.1 Å². The first-order valence-electron chi connectivity index (χ1n) is 38.6. The van der Waals surface area contributed by atoms with E-state index in [4.69, 9.17) is 44.6 Å². The number of aryl methyl sites for hydroxylation is 1. The molecule has 3 aliphatic heterocycles. The summed E-state index contributed by atoms with van der Waals surface area (Å²) >= 11 is 1.03. The van der Waals surface area contributed by atoms with Crippen LogP contribution >= 0.6 is 0 Å². The van der Waals surface area contributed by atoms with Crippen LogP contribution in [0, 0.1) is 32.1 Å². The zero-order valence-electron chi connectivity index (χ0n) is 68.3. The topological polar surface area (TPSA) is 501 Å². The third-order valence-corrected chi connectivity index (χ3v) is 41.6. The first kappa shape index (κ1) is 105. The van der Waals surface area contributed by atoms with Crippen LogP contribution in [-0.4, -0.2) is 374 Å². The maximum atomic E-state index is 12.4. The van der Waals surface area contributed by atoms with E-state index in [1.807, 2.05) is 70.7 Å². The molecule has 4 aromatic rings. The molecule has 3 heterocycles. The molecular formula is C74H122N12O24Se7. The van der Waals surface area contributed by atoms with Crippen LogP contribution in [0.25, 0.3) is 0 Å². The predicted molar refractivity (Wildman–Crippen MR) is 453 cm³/mol. The van der Waals surface area contributed by atoms with Crippen molar-refractivity contribution in [3.05, 3.63) is 103 Å². The number of rotatable bonds is 47. The van der Waals surface area contributed by atoms with Crippen molar-refractivity contribution >= 4 is 151 Å². The number of nitrogens with two attached hydrogens (primary N) is 1. The third-order valence-electron chi connectivity index (χ3n) is 20.0. The zero-order valence-corrected chi connectivity index (χ0v) is 80.5. The summed E-state index contributed by atoms with van der Waals surface area (Å²) in [4.78, 5) is 64.7. The number of nitro groups is 2. The van der Waals surface area contributed by atoms with Gasteiger partial charge >= 0.3 is 734 Å². The van der Waals surface area contributed by atoms with Crippen molar-refractivity contribution in [3.63, 3.8) is 0 Å². The predicted octanol–water partition coefficient (Wildman–Crippen LogP) is -2.31. The number of nitroso groups, excluding NO2 is 1. The number of aliphatic hydroxyl groups is 12. The number of hydrogen-bond acceptors (Lipinski definition) is 34. The standard InChI is InChI=1S/C42H69N7O16Se4.C17H21N3O2Se2.C15H32N2O6Se/c1-8-16-41(5,64-43-33-37(54)35(52)29(21-50)62-39(33)56)23-66-45(7)25-12-14-27(48(58)59)31(19-25)68-69-32-20-26(13-15-28(32)49(60)61)47(11-4)67-24-42(6,17-18-46(9-2)10-3)65-44-34-38(55)36(53)30(22-51)63-40(34)57;1-4-20(5-2)13-7-9-15(22-18)17(11-13)24-23-16-10-12(3)6-8-14(16)19-21;1-4-17(5-2)7-6-15(3,9-24)23-16-11-13(20)12(19)10(8-18)22-14(11)21/h12-15,19-20,29-30,33-40,43-44,50-57H,8-11,16-18,21-24H2,1-7H3;6-11H,4-5,18H2,1-3H3;10-14,16,18-21,24H,4-9H2,1-3H3/t29?,30?,33?,34?,35?,36?,37?,38?,39-,40-,41?,42?;;10?,11?,12?,13?,14-,15?/m0.0/s1. The Bertz CT molecular complexity index is 3630. The molecule has 15 unspecified atom stereocenters. The summed E-state index contributed by atoms with van der Waals surface area (Å²) in [6.07, 6.45) is -13.8. The molecule has 3 aliphatic rings. The number of benzene rings is 4. The van der Waals surface area contributed by atoms with Crippen LogP contribution in [0.15, 0.2) is 78.0 Å². The van der Waals surface area contributed by atoms with Crippen LogP contribution in [0.1, 0.15) is 107 Å². The molecule has 18 atom stereocenters. The van der Waals surface area contributed by atoms with E-state index < -0.39 is 165 Å². The molecule has 0 bridgehead atoms. The number of aliphatic hydroxyl groups excluding tert-OH is 12. The van der Waals surface area contributed by atoms with E-state index in [1.165, 1.54) is 17.8 Å². The molecule has 36 nitrogen and oxygen atoms in total. The fourth-order valence-electron chi connectivity index (χ4n) is 12.2. The first-order chi connectivity index (χ1) is 55.6. The van der Waals surface area contributed by atoms with Crippen molar-refractivity contribution in [3.8, 4) is 5.75 Å². The zero-order chi connectivity index (χ0) is 87.1. The molecule has 0 saturated carbocycles. The average molecular weight is 2120 g/mol. The Balaban J connectivity index is 0.000000409. The number of ether oxygens (including phenoxy) is 3. The Morgan fingerprint density at radius 3 is 1.33 bits per heavy atom. The van der Waals surface area contributed by atoms with E-state index in [0.717, 1.165) is 78.8 Å². The molecule has 17 N–H and O–H groups in total. The van der Waals surface area contributed by atoms with Gasteiger partial charge in [0.15, 0.2) is 0 Å². The van der Waals surface area contributed by atoms with Crippen molar-refractivity contribution in [2.24, 2.45) is 11.1 Å². The van der Waals surface area contributed by atoms with Gasteiger partial charge in [-0.05, 0) is 0 Å². The quantitative estimate of drug-likeness (QED) is 0.00956. The van der Waals surface area contributed by atoms with Gasteiger partial charge in [0.05, 0.1) is 0 Å². The normalized spacial score (nSPS) is 24.9. The summed E-state index contributed by atoms with van der Waals surface area (Å²) < 4.78 is 22.9. The van der Waals surface area contributed by atoms with Crippen molar-refractivity contribution in [1.29, 1.82) is 0 Å². The van der Waals surface area contributed by atoms with Gasteiger partial charge in [-0.3, -0.25) is 0 Å². The molecule has 7 rings (SSSR count). The molecule has 3 saturated heterocycles. The molecule has 0 spiro atoms. The molecule has 4 aromatic carbocycles. The molecule has 43 heteroatoms. The molecule has 0 aromatic heterocycles.